The molecule has 0 fully saturated rings. The molecule has 0 aromatic carbocycles. The van der Waals surface area contributed by atoms with E-state index in [9.17, 15) is 4.79 Å². The van der Waals surface area contributed by atoms with Crippen LogP contribution in [-0.2, 0) is 4.79 Å². The molecule has 0 unspecified atom stereocenters. The maximum atomic E-state index is 10.7. The van der Waals surface area contributed by atoms with Gasteiger partial charge in [-0.15, -0.1) is 0 Å². The summed E-state index contributed by atoms with van der Waals surface area (Å²) in [5.41, 5.74) is 0.102. The van der Waals surface area contributed by atoms with Crippen LogP contribution >= 0.6 is 0 Å². The summed E-state index contributed by atoms with van der Waals surface area (Å²) >= 11 is 0. The Morgan fingerprint density at radius 1 is 1.36 bits per heavy atom. The smallest absolute Gasteiger partial charge is 0.155 e. The van der Waals surface area contributed by atoms with Gasteiger partial charge in [0.2, 0.25) is 0 Å². The molecular weight excluding hydrogens is 136 g/mol. The third-order valence-electron chi connectivity index (χ3n) is 0.932. The number of hydrogen-bond donors (Lipinski definition) is 0. The van der Waals surface area contributed by atoms with Crippen molar-refractivity contribution >= 4 is 5.78 Å². The van der Waals surface area contributed by atoms with E-state index in [0.29, 0.717) is 6.42 Å². The van der Waals surface area contributed by atoms with E-state index in [-0.39, 0.29) is 11.2 Å². The number of carbonyl (C=O) groups excluding carboxylic acids is 1. The highest BCUT2D eigenvalue weighted by atomic mass is 16.1. The summed E-state index contributed by atoms with van der Waals surface area (Å²) in [6.45, 7) is 13.5. The minimum absolute atomic E-state index is 0.102. The number of hydrogen-bond acceptors (Lipinski definition) is 1. The molecule has 0 aromatic heterocycles. The number of allylic oxidation sites excluding steroid dienone is 1. The SMILES string of the molecule is C=CC(=O)CC(C)(C)C.CC. The van der Waals surface area contributed by atoms with E-state index in [0.717, 1.165) is 0 Å². The standard InChI is InChI=1S/C8H14O.C2H6/c1-5-7(9)6-8(2,3)4;1-2/h5H,1,6H2,2-4H3;1-2H3. The van der Waals surface area contributed by atoms with Gasteiger partial charge in [0.05, 0.1) is 0 Å². The van der Waals surface area contributed by atoms with Gasteiger partial charge in [0.15, 0.2) is 5.78 Å². The Kier molecular flexibility index (Phi) is 7.28. The second-order valence-electron chi connectivity index (χ2n) is 3.41. The predicted octanol–water partition coefficient (Wildman–Crippen LogP) is 3.20. The van der Waals surface area contributed by atoms with Gasteiger partial charge in [0.25, 0.3) is 0 Å². The van der Waals surface area contributed by atoms with Gasteiger partial charge in [-0.1, -0.05) is 41.2 Å². The van der Waals surface area contributed by atoms with E-state index in [1.807, 2.05) is 34.6 Å². The van der Waals surface area contributed by atoms with Gasteiger partial charge in [0.1, 0.15) is 0 Å². The normalized spacial score (nSPS) is 9.55. The van der Waals surface area contributed by atoms with Crippen molar-refractivity contribution in [1.82, 2.24) is 0 Å². The number of carbonyl (C=O) groups is 1. The van der Waals surface area contributed by atoms with Crippen LogP contribution in [0.2, 0.25) is 0 Å². The van der Waals surface area contributed by atoms with Crippen molar-refractivity contribution in [1.29, 1.82) is 0 Å². The molecule has 0 saturated carbocycles. The van der Waals surface area contributed by atoms with E-state index >= 15 is 0 Å². The van der Waals surface area contributed by atoms with Crippen molar-refractivity contribution in [2.24, 2.45) is 5.41 Å². The van der Waals surface area contributed by atoms with Gasteiger partial charge < -0.3 is 0 Å². The quantitative estimate of drug-likeness (QED) is 0.561. The zero-order valence-electron chi connectivity index (χ0n) is 8.40. The Morgan fingerprint density at radius 2 is 1.73 bits per heavy atom. The van der Waals surface area contributed by atoms with E-state index < -0.39 is 0 Å². The summed E-state index contributed by atoms with van der Waals surface area (Å²) in [6.07, 6.45) is 1.97. The Hall–Kier alpha value is -0.590. The second-order valence-corrected chi connectivity index (χ2v) is 3.41. The molecule has 0 radical (unpaired) electrons. The lowest BCUT2D eigenvalue weighted by atomic mass is 9.90. The van der Waals surface area contributed by atoms with Gasteiger partial charge in [0, 0.05) is 6.42 Å². The third kappa shape index (κ3) is 12.6. The largest absolute Gasteiger partial charge is 0.295 e. The zero-order valence-corrected chi connectivity index (χ0v) is 8.40. The van der Waals surface area contributed by atoms with Gasteiger partial charge >= 0.3 is 0 Å². The molecule has 1 nitrogen and oxygen atoms in total. The molecule has 1 heteroatoms. The topological polar surface area (TPSA) is 17.1 Å². The highest BCUT2D eigenvalue weighted by Gasteiger charge is 2.12. The van der Waals surface area contributed by atoms with Crippen molar-refractivity contribution in [3.63, 3.8) is 0 Å². The molecule has 0 aliphatic rings. The zero-order chi connectivity index (χ0) is 9.49. The predicted molar refractivity (Wildman–Crippen MR) is 50.6 cm³/mol. The van der Waals surface area contributed by atoms with E-state index in [2.05, 4.69) is 6.58 Å². The van der Waals surface area contributed by atoms with Crippen LogP contribution < -0.4 is 0 Å². The van der Waals surface area contributed by atoms with Crippen LogP contribution in [-0.4, -0.2) is 5.78 Å². The van der Waals surface area contributed by atoms with Crippen molar-refractivity contribution in [2.45, 2.75) is 41.0 Å². The van der Waals surface area contributed by atoms with Gasteiger partial charge in [-0.25, -0.2) is 0 Å². The molecular formula is C10H20O. The Labute approximate surface area is 70.5 Å². The van der Waals surface area contributed by atoms with Crippen LogP contribution in [0.1, 0.15) is 41.0 Å². The van der Waals surface area contributed by atoms with E-state index in [1.165, 1.54) is 6.08 Å². The monoisotopic (exact) mass is 156 g/mol. The van der Waals surface area contributed by atoms with Crippen LogP contribution in [0, 0.1) is 5.41 Å². The Bertz CT molecular complexity index is 117. The maximum Gasteiger partial charge on any atom is 0.155 e. The third-order valence-corrected chi connectivity index (χ3v) is 0.932. The van der Waals surface area contributed by atoms with Crippen LogP contribution in [0.25, 0.3) is 0 Å². The Morgan fingerprint density at radius 3 is 1.82 bits per heavy atom. The molecule has 0 amide bonds. The van der Waals surface area contributed by atoms with Gasteiger partial charge in [-0.2, -0.15) is 0 Å². The first kappa shape index (κ1) is 13.0. The summed E-state index contributed by atoms with van der Waals surface area (Å²) in [5.74, 6) is 0.127. The van der Waals surface area contributed by atoms with Crippen LogP contribution in [0.4, 0.5) is 0 Å². The lowest BCUT2D eigenvalue weighted by molar-refractivity contribution is -0.116. The molecule has 66 valence electrons. The van der Waals surface area contributed by atoms with Crippen molar-refractivity contribution in [3.05, 3.63) is 12.7 Å². The lowest BCUT2D eigenvalue weighted by Gasteiger charge is -2.14. The number of rotatable bonds is 2. The molecule has 0 aliphatic carbocycles. The molecule has 11 heavy (non-hydrogen) atoms. The van der Waals surface area contributed by atoms with Crippen LogP contribution in [0.5, 0.6) is 0 Å². The maximum absolute atomic E-state index is 10.7. The van der Waals surface area contributed by atoms with E-state index in [1.54, 1.807) is 0 Å². The summed E-state index contributed by atoms with van der Waals surface area (Å²) < 4.78 is 0. The second kappa shape index (κ2) is 6.14. The van der Waals surface area contributed by atoms with Gasteiger partial charge in [-0.3, -0.25) is 4.79 Å². The first-order valence-corrected chi connectivity index (χ1v) is 4.11. The molecule has 0 spiro atoms. The first-order valence-electron chi connectivity index (χ1n) is 4.11. The Balaban J connectivity index is 0. The van der Waals surface area contributed by atoms with Crippen molar-refractivity contribution in [2.75, 3.05) is 0 Å². The lowest BCUT2D eigenvalue weighted by Crippen LogP contribution is -2.10. The summed E-state index contributed by atoms with van der Waals surface area (Å²) in [6, 6.07) is 0. The fourth-order valence-corrected chi connectivity index (χ4v) is 0.595. The average Bonchev–Trinajstić information content (AvgIpc) is 1.89. The fraction of sp³-hybridized carbons (Fsp3) is 0.700. The molecule has 0 bridgehead atoms. The molecule has 0 rings (SSSR count). The molecule has 0 saturated heterocycles. The summed E-state index contributed by atoms with van der Waals surface area (Å²) in [7, 11) is 0. The van der Waals surface area contributed by atoms with Crippen LogP contribution in [0.15, 0.2) is 12.7 Å². The minimum atomic E-state index is 0.102. The highest BCUT2D eigenvalue weighted by molar-refractivity contribution is 5.89. The van der Waals surface area contributed by atoms with Crippen molar-refractivity contribution in [3.8, 4) is 0 Å². The van der Waals surface area contributed by atoms with E-state index in [4.69, 9.17) is 0 Å². The molecule has 0 atom stereocenters. The highest BCUT2D eigenvalue weighted by Crippen LogP contribution is 2.18. The van der Waals surface area contributed by atoms with Crippen LogP contribution in [0.3, 0.4) is 0 Å². The summed E-state index contributed by atoms with van der Waals surface area (Å²) in [4.78, 5) is 10.7. The molecule has 0 aromatic rings. The molecule has 0 heterocycles. The summed E-state index contributed by atoms with van der Waals surface area (Å²) in [5, 5.41) is 0. The molecule has 0 aliphatic heterocycles. The fourth-order valence-electron chi connectivity index (χ4n) is 0.595. The van der Waals surface area contributed by atoms with Gasteiger partial charge in [-0.05, 0) is 11.5 Å². The number of ketones is 1. The average molecular weight is 156 g/mol. The van der Waals surface area contributed by atoms with Crippen molar-refractivity contribution < 1.29 is 4.79 Å². The molecule has 0 N–H and O–H groups in total. The first-order chi connectivity index (χ1) is 4.95. The minimum Gasteiger partial charge on any atom is -0.295 e.